The van der Waals surface area contributed by atoms with Crippen LogP contribution in [0.15, 0.2) is 41.9 Å². The molecule has 1 saturated heterocycles. The summed E-state index contributed by atoms with van der Waals surface area (Å²) in [4.78, 5) is 17.4. The van der Waals surface area contributed by atoms with Crippen molar-refractivity contribution in [1.82, 2.24) is 9.80 Å². The number of amides is 1. The Labute approximate surface area is 202 Å². The molecule has 1 fully saturated rings. The SMILES string of the molecule is CN1C(=O)/C(=C\C=C2/Oc3ccc(Cl)cc3N2CCCS(=O)(=O)O)N(CCOCCO)C1=S. The van der Waals surface area contributed by atoms with Crippen LogP contribution in [0.4, 0.5) is 5.69 Å². The molecule has 3 rings (SSSR count). The van der Waals surface area contributed by atoms with E-state index in [9.17, 15) is 13.2 Å². The molecule has 0 saturated carbocycles. The summed E-state index contributed by atoms with van der Waals surface area (Å²) in [5.74, 6) is 0.179. The predicted octanol–water partition coefficient (Wildman–Crippen LogP) is 1.61. The Kier molecular flexibility index (Phi) is 8.32. The predicted molar refractivity (Wildman–Crippen MR) is 127 cm³/mol. The van der Waals surface area contributed by atoms with Gasteiger partial charge in [0.15, 0.2) is 10.9 Å². The van der Waals surface area contributed by atoms with Gasteiger partial charge in [-0.3, -0.25) is 14.2 Å². The topological polar surface area (TPSA) is 120 Å². The van der Waals surface area contributed by atoms with Crippen LogP contribution in [0.25, 0.3) is 0 Å². The number of aliphatic hydroxyl groups is 1. The summed E-state index contributed by atoms with van der Waals surface area (Å²) >= 11 is 11.5. The van der Waals surface area contributed by atoms with Gasteiger partial charge in [0.25, 0.3) is 16.0 Å². The molecule has 1 aromatic carbocycles. The summed E-state index contributed by atoms with van der Waals surface area (Å²) in [5, 5.41) is 9.65. The van der Waals surface area contributed by atoms with Gasteiger partial charge in [-0.25, -0.2) is 0 Å². The number of thiocarbonyl (C=S) groups is 1. The number of aliphatic hydroxyl groups excluding tert-OH is 1. The van der Waals surface area contributed by atoms with Crippen LogP contribution in [0.5, 0.6) is 5.75 Å². The summed E-state index contributed by atoms with van der Waals surface area (Å²) < 4.78 is 42.5. The van der Waals surface area contributed by atoms with Crippen LogP contribution in [0, 0.1) is 0 Å². The molecule has 2 aliphatic heterocycles. The lowest BCUT2D eigenvalue weighted by atomic mass is 10.2. The first kappa shape index (κ1) is 25.4. The number of halogens is 1. The Morgan fingerprint density at radius 3 is 2.67 bits per heavy atom. The third-order valence-corrected chi connectivity index (χ3v) is 6.42. The number of ether oxygens (including phenoxy) is 2. The molecule has 0 unspecified atom stereocenters. The first-order valence-electron chi connectivity index (χ1n) is 10.0. The van der Waals surface area contributed by atoms with Gasteiger partial charge in [0.2, 0.25) is 5.88 Å². The van der Waals surface area contributed by atoms with Crippen molar-refractivity contribution in [2.75, 3.05) is 50.6 Å². The first-order chi connectivity index (χ1) is 15.6. The van der Waals surface area contributed by atoms with Crippen molar-refractivity contribution in [2.24, 2.45) is 0 Å². The minimum Gasteiger partial charge on any atom is -0.439 e. The standard InChI is InChI=1S/C20H24ClN3O7S2/c1-22-19(26)15(24(20(22)32)8-10-30-11-9-25)4-6-18-23(7-2-12-33(27,28)29)16-13-14(21)3-5-17(16)31-18/h3-6,13,25H,2,7-12H2,1H3,(H,27,28,29)/b15-4+,18-6-. The number of rotatable bonds is 10. The van der Waals surface area contributed by atoms with Crippen molar-refractivity contribution in [3.8, 4) is 5.75 Å². The summed E-state index contributed by atoms with van der Waals surface area (Å²) in [7, 11) is -2.53. The smallest absolute Gasteiger partial charge is 0.276 e. The molecule has 1 aromatic rings. The molecule has 0 aromatic heterocycles. The molecule has 10 nitrogen and oxygen atoms in total. The van der Waals surface area contributed by atoms with Crippen molar-refractivity contribution in [3.63, 3.8) is 0 Å². The normalized spacial score (nSPS) is 18.6. The van der Waals surface area contributed by atoms with Gasteiger partial charge in [-0.1, -0.05) is 11.6 Å². The van der Waals surface area contributed by atoms with E-state index < -0.39 is 15.9 Å². The zero-order valence-electron chi connectivity index (χ0n) is 17.8. The molecule has 0 aliphatic carbocycles. The summed E-state index contributed by atoms with van der Waals surface area (Å²) in [6.07, 6.45) is 3.31. The molecule has 1 amide bonds. The van der Waals surface area contributed by atoms with Gasteiger partial charge < -0.3 is 24.4 Å². The highest BCUT2D eigenvalue weighted by Crippen LogP contribution is 2.40. The number of hydrogen-bond acceptors (Lipinski definition) is 8. The Hall–Kier alpha value is -2.22. The van der Waals surface area contributed by atoms with Crippen LogP contribution in [-0.4, -0.2) is 84.6 Å². The number of carbonyl (C=O) groups excluding carboxylic acids is 1. The van der Waals surface area contributed by atoms with Crippen LogP contribution in [0.3, 0.4) is 0 Å². The maximum atomic E-state index is 12.7. The lowest BCUT2D eigenvalue weighted by Gasteiger charge is -2.19. The van der Waals surface area contributed by atoms with E-state index in [1.165, 1.54) is 4.90 Å². The Balaban J connectivity index is 1.86. The number of fused-ring (bicyclic) bond motifs is 1. The minimum atomic E-state index is -4.11. The van der Waals surface area contributed by atoms with E-state index in [1.807, 2.05) is 0 Å². The summed E-state index contributed by atoms with van der Waals surface area (Å²) in [6, 6.07) is 5.04. The van der Waals surface area contributed by atoms with Crippen molar-refractivity contribution in [3.05, 3.63) is 47.0 Å². The molecule has 2 heterocycles. The highest BCUT2D eigenvalue weighted by atomic mass is 35.5. The molecule has 180 valence electrons. The highest BCUT2D eigenvalue weighted by molar-refractivity contribution is 7.85. The molecular formula is C20H24ClN3O7S2. The van der Waals surface area contributed by atoms with Crippen LogP contribution >= 0.6 is 23.8 Å². The number of hydrogen-bond donors (Lipinski definition) is 2. The van der Waals surface area contributed by atoms with E-state index in [0.717, 1.165) is 0 Å². The van der Waals surface area contributed by atoms with Gasteiger partial charge in [-0.05, 0) is 42.9 Å². The largest absolute Gasteiger partial charge is 0.439 e. The van der Waals surface area contributed by atoms with Crippen molar-refractivity contribution < 1.29 is 32.3 Å². The van der Waals surface area contributed by atoms with E-state index in [2.05, 4.69) is 0 Å². The molecule has 0 spiro atoms. The van der Waals surface area contributed by atoms with Crippen molar-refractivity contribution >= 4 is 50.6 Å². The lowest BCUT2D eigenvalue weighted by molar-refractivity contribution is -0.121. The molecule has 33 heavy (non-hydrogen) atoms. The first-order valence-corrected chi connectivity index (χ1v) is 12.4. The molecule has 0 bridgehead atoms. The number of nitrogens with zero attached hydrogens (tertiary/aromatic N) is 3. The Morgan fingerprint density at radius 2 is 1.97 bits per heavy atom. The zero-order chi connectivity index (χ0) is 24.2. The van der Waals surface area contributed by atoms with E-state index in [4.69, 9.17) is 43.0 Å². The van der Waals surface area contributed by atoms with E-state index in [-0.39, 0.29) is 38.7 Å². The molecule has 0 atom stereocenters. The van der Waals surface area contributed by atoms with Crippen LogP contribution in [0.2, 0.25) is 5.02 Å². The summed E-state index contributed by atoms with van der Waals surface area (Å²) in [6.45, 7) is 0.887. The Morgan fingerprint density at radius 1 is 1.21 bits per heavy atom. The molecule has 13 heteroatoms. The van der Waals surface area contributed by atoms with Crippen molar-refractivity contribution in [1.29, 1.82) is 0 Å². The van der Waals surface area contributed by atoms with Gasteiger partial charge in [0.1, 0.15) is 5.70 Å². The second-order valence-corrected chi connectivity index (χ2v) is 9.57. The zero-order valence-corrected chi connectivity index (χ0v) is 20.2. The average Bonchev–Trinajstić information content (AvgIpc) is 3.18. The molecular weight excluding hydrogens is 494 g/mol. The number of anilines is 1. The maximum absolute atomic E-state index is 12.7. The molecule has 2 aliphatic rings. The fraction of sp³-hybridized carbons (Fsp3) is 0.400. The van der Waals surface area contributed by atoms with Gasteiger partial charge in [0.05, 0.1) is 31.3 Å². The van der Waals surface area contributed by atoms with E-state index >= 15 is 0 Å². The highest BCUT2D eigenvalue weighted by Gasteiger charge is 2.35. The maximum Gasteiger partial charge on any atom is 0.276 e. The number of allylic oxidation sites excluding steroid dienone is 2. The van der Waals surface area contributed by atoms with Crippen molar-refractivity contribution in [2.45, 2.75) is 6.42 Å². The fourth-order valence-electron chi connectivity index (χ4n) is 3.34. The van der Waals surface area contributed by atoms with Crippen LogP contribution < -0.4 is 9.64 Å². The van der Waals surface area contributed by atoms with Crippen LogP contribution in [-0.2, 0) is 19.6 Å². The van der Waals surface area contributed by atoms with E-state index in [1.54, 1.807) is 47.2 Å². The van der Waals surface area contributed by atoms with Gasteiger partial charge in [-0.15, -0.1) is 0 Å². The van der Waals surface area contributed by atoms with E-state index in [0.29, 0.717) is 39.7 Å². The van der Waals surface area contributed by atoms with Gasteiger partial charge >= 0.3 is 0 Å². The van der Waals surface area contributed by atoms with Crippen LogP contribution in [0.1, 0.15) is 6.42 Å². The third-order valence-electron chi connectivity index (χ3n) is 4.89. The molecule has 0 radical (unpaired) electrons. The third kappa shape index (κ3) is 6.22. The monoisotopic (exact) mass is 517 g/mol. The quantitative estimate of drug-likeness (QED) is 0.205. The minimum absolute atomic E-state index is 0.104. The number of benzene rings is 1. The van der Waals surface area contributed by atoms with Gasteiger partial charge in [-0.2, -0.15) is 8.42 Å². The average molecular weight is 518 g/mol. The number of carbonyl (C=O) groups is 1. The van der Waals surface area contributed by atoms with Gasteiger partial charge in [0, 0.05) is 31.2 Å². The fourth-order valence-corrected chi connectivity index (χ4v) is 4.28. The Bertz CT molecular complexity index is 1090. The number of likely N-dealkylation sites (N-methyl/N-ethyl adjacent to an activating group) is 1. The lowest BCUT2D eigenvalue weighted by Crippen LogP contribution is -2.31. The second-order valence-electron chi connectivity index (χ2n) is 7.20. The molecule has 2 N–H and O–H groups in total. The second kappa shape index (κ2) is 10.8. The summed E-state index contributed by atoms with van der Waals surface area (Å²) in [5.41, 5.74) is 0.959.